The monoisotopic (exact) mass is 405 g/mol. The summed E-state index contributed by atoms with van der Waals surface area (Å²) in [6.45, 7) is 4.09. The number of esters is 1. The summed E-state index contributed by atoms with van der Waals surface area (Å²) in [5.74, 6) is -0.257. The molecule has 2 aromatic carbocycles. The van der Waals surface area contributed by atoms with E-state index in [9.17, 15) is 9.59 Å². The molecule has 0 radical (unpaired) electrons. The molecular weight excluding hydrogens is 382 g/mol. The van der Waals surface area contributed by atoms with Crippen LogP contribution in [0.25, 0.3) is 11.1 Å². The number of carbonyl (C=O) groups excluding carboxylic acids is 2. The van der Waals surface area contributed by atoms with Gasteiger partial charge in [-0.2, -0.15) is 0 Å². The summed E-state index contributed by atoms with van der Waals surface area (Å²) < 4.78 is 5.28. The number of hydrogen-bond donors (Lipinski definition) is 1. The fourth-order valence-corrected chi connectivity index (χ4v) is 4.52. The quantitative estimate of drug-likeness (QED) is 0.540. The van der Waals surface area contributed by atoms with Gasteiger partial charge in [0.25, 0.3) is 0 Å². The van der Waals surface area contributed by atoms with Gasteiger partial charge >= 0.3 is 5.97 Å². The summed E-state index contributed by atoms with van der Waals surface area (Å²) in [5.41, 5.74) is 4.50. The van der Waals surface area contributed by atoms with Crippen LogP contribution in [0.2, 0.25) is 0 Å². The van der Waals surface area contributed by atoms with E-state index in [0.29, 0.717) is 10.6 Å². The Bertz CT molecular complexity index is 1020. The third kappa shape index (κ3) is 4.10. The summed E-state index contributed by atoms with van der Waals surface area (Å²) in [6, 6.07) is 18.1. The van der Waals surface area contributed by atoms with Crippen molar-refractivity contribution >= 4 is 28.2 Å². The van der Waals surface area contributed by atoms with Crippen molar-refractivity contribution in [3.8, 4) is 11.1 Å². The van der Waals surface area contributed by atoms with Crippen molar-refractivity contribution in [1.82, 2.24) is 0 Å². The molecule has 1 amide bonds. The van der Waals surface area contributed by atoms with Gasteiger partial charge in [0.05, 0.1) is 6.61 Å². The highest BCUT2D eigenvalue weighted by Crippen LogP contribution is 2.48. The van der Waals surface area contributed by atoms with E-state index in [1.807, 2.05) is 54.8 Å². The second-order valence-electron chi connectivity index (χ2n) is 7.29. The zero-order chi connectivity index (χ0) is 20.4. The van der Waals surface area contributed by atoms with Gasteiger partial charge in [0.15, 0.2) is 0 Å². The van der Waals surface area contributed by atoms with Crippen molar-refractivity contribution in [2.45, 2.75) is 26.2 Å². The van der Waals surface area contributed by atoms with E-state index in [1.54, 1.807) is 6.92 Å². The number of rotatable bonds is 6. The van der Waals surface area contributed by atoms with Gasteiger partial charge in [-0.05, 0) is 37.3 Å². The Morgan fingerprint density at radius 3 is 2.52 bits per heavy atom. The predicted octanol–water partition coefficient (Wildman–Crippen LogP) is 5.64. The summed E-state index contributed by atoms with van der Waals surface area (Å²) in [5, 5.41) is 5.46. The van der Waals surface area contributed by atoms with Crippen LogP contribution in [0.3, 0.4) is 0 Å². The molecule has 1 heterocycles. The van der Waals surface area contributed by atoms with Crippen LogP contribution in [0.5, 0.6) is 0 Å². The lowest BCUT2D eigenvalue weighted by Crippen LogP contribution is -2.16. The van der Waals surface area contributed by atoms with Crippen LogP contribution in [0.15, 0.2) is 60.0 Å². The lowest BCUT2D eigenvalue weighted by atomic mass is 10.0. The van der Waals surface area contributed by atoms with E-state index in [4.69, 9.17) is 4.74 Å². The summed E-state index contributed by atoms with van der Waals surface area (Å²) in [7, 11) is 0. The van der Waals surface area contributed by atoms with Gasteiger partial charge in [0, 0.05) is 16.9 Å². The SMILES string of the molecule is CCOC(=O)c1c(-c2ccc(C)cc2)csc1NC(=O)C1CC1c1ccccc1. The van der Waals surface area contributed by atoms with Gasteiger partial charge in [-0.1, -0.05) is 60.2 Å². The molecule has 29 heavy (non-hydrogen) atoms. The van der Waals surface area contributed by atoms with Gasteiger partial charge in [-0.25, -0.2) is 4.79 Å². The lowest BCUT2D eigenvalue weighted by molar-refractivity contribution is -0.117. The molecule has 0 spiro atoms. The normalized spacial score (nSPS) is 17.6. The van der Waals surface area contributed by atoms with Crippen LogP contribution in [0.1, 0.15) is 40.7 Å². The van der Waals surface area contributed by atoms with E-state index in [0.717, 1.165) is 23.1 Å². The highest BCUT2D eigenvalue weighted by molar-refractivity contribution is 7.15. The molecule has 1 aliphatic rings. The van der Waals surface area contributed by atoms with Crippen molar-refractivity contribution in [2.24, 2.45) is 5.92 Å². The Balaban J connectivity index is 1.58. The van der Waals surface area contributed by atoms with Crippen molar-refractivity contribution < 1.29 is 14.3 Å². The van der Waals surface area contributed by atoms with E-state index in [-0.39, 0.29) is 24.3 Å². The van der Waals surface area contributed by atoms with Crippen LogP contribution in [-0.2, 0) is 9.53 Å². The molecule has 0 saturated heterocycles. The van der Waals surface area contributed by atoms with E-state index < -0.39 is 5.97 Å². The van der Waals surface area contributed by atoms with Gasteiger partial charge < -0.3 is 10.1 Å². The van der Waals surface area contributed by atoms with Gasteiger partial charge in [-0.15, -0.1) is 11.3 Å². The molecule has 1 aliphatic carbocycles. The largest absolute Gasteiger partial charge is 0.462 e. The van der Waals surface area contributed by atoms with E-state index >= 15 is 0 Å². The first kappa shape index (κ1) is 19.4. The average molecular weight is 406 g/mol. The molecule has 0 aliphatic heterocycles. The number of anilines is 1. The molecule has 1 N–H and O–H groups in total. The Kier molecular flexibility index (Phi) is 5.49. The number of aryl methyl sites for hydroxylation is 1. The van der Waals surface area contributed by atoms with Crippen LogP contribution in [0, 0.1) is 12.8 Å². The first-order valence-electron chi connectivity index (χ1n) is 9.80. The smallest absolute Gasteiger partial charge is 0.341 e. The van der Waals surface area contributed by atoms with Gasteiger partial charge in [-0.3, -0.25) is 4.79 Å². The molecule has 5 heteroatoms. The standard InChI is InChI=1S/C24H23NO3S/c1-3-28-24(27)21-20(17-11-9-15(2)10-12-17)14-29-23(21)25-22(26)19-13-18(19)16-7-5-4-6-8-16/h4-12,14,18-19H,3,13H2,1-2H3,(H,25,26). The zero-order valence-corrected chi connectivity index (χ0v) is 17.3. The maximum Gasteiger partial charge on any atom is 0.341 e. The molecule has 0 bridgehead atoms. The second-order valence-corrected chi connectivity index (χ2v) is 8.17. The Labute approximate surface area is 174 Å². The highest BCUT2D eigenvalue weighted by atomic mass is 32.1. The fourth-order valence-electron chi connectivity index (χ4n) is 3.56. The molecule has 4 rings (SSSR count). The van der Waals surface area contributed by atoms with Crippen molar-refractivity contribution in [2.75, 3.05) is 11.9 Å². The fraction of sp³-hybridized carbons (Fsp3) is 0.250. The second kappa shape index (κ2) is 8.21. The number of amides is 1. The first-order chi connectivity index (χ1) is 14.1. The zero-order valence-electron chi connectivity index (χ0n) is 16.5. The maximum atomic E-state index is 12.8. The minimum absolute atomic E-state index is 0.0401. The molecule has 148 valence electrons. The Morgan fingerprint density at radius 2 is 1.83 bits per heavy atom. The third-order valence-electron chi connectivity index (χ3n) is 5.22. The number of ether oxygens (including phenoxy) is 1. The average Bonchev–Trinajstić information content (AvgIpc) is 3.43. The van der Waals surface area contributed by atoms with Gasteiger partial charge in [0.2, 0.25) is 5.91 Å². The van der Waals surface area contributed by atoms with Crippen molar-refractivity contribution in [3.63, 3.8) is 0 Å². The summed E-state index contributed by atoms with van der Waals surface area (Å²) >= 11 is 1.37. The van der Waals surface area contributed by atoms with Crippen LogP contribution in [-0.4, -0.2) is 18.5 Å². The molecule has 4 nitrogen and oxygen atoms in total. The number of nitrogens with one attached hydrogen (secondary N) is 1. The van der Waals surface area contributed by atoms with E-state index in [2.05, 4.69) is 17.4 Å². The summed E-state index contributed by atoms with van der Waals surface area (Å²) in [4.78, 5) is 25.5. The molecular formula is C24H23NO3S. The minimum atomic E-state index is -0.407. The lowest BCUT2D eigenvalue weighted by Gasteiger charge is -2.09. The third-order valence-corrected chi connectivity index (χ3v) is 6.12. The number of hydrogen-bond acceptors (Lipinski definition) is 4. The summed E-state index contributed by atoms with van der Waals surface area (Å²) in [6.07, 6.45) is 0.834. The number of carbonyl (C=O) groups is 2. The first-order valence-corrected chi connectivity index (χ1v) is 10.7. The minimum Gasteiger partial charge on any atom is -0.462 e. The molecule has 1 aromatic heterocycles. The molecule has 1 fully saturated rings. The molecule has 2 unspecified atom stereocenters. The number of thiophene rings is 1. The van der Waals surface area contributed by atoms with Crippen molar-refractivity contribution in [1.29, 1.82) is 0 Å². The van der Waals surface area contributed by atoms with Gasteiger partial charge in [0.1, 0.15) is 10.6 Å². The Hall–Kier alpha value is -2.92. The maximum absolute atomic E-state index is 12.8. The number of benzene rings is 2. The molecule has 2 atom stereocenters. The van der Waals surface area contributed by atoms with Crippen molar-refractivity contribution in [3.05, 3.63) is 76.7 Å². The van der Waals surface area contributed by atoms with Crippen LogP contribution < -0.4 is 5.32 Å². The van der Waals surface area contributed by atoms with Crippen LogP contribution >= 0.6 is 11.3 Å². The molecule has 3 aromatic rings. The van der Waals surface area contributed by atoms with Crippen LogP contribution in [0.4, 0.5) is 5.00 Å². The predicted molar refractivity (Wildman–Crippen MR) is 116 cm³/mol. The Morgan fingerprint density at radius 1 is 1.10 bits per heavy atom. The topological polar surface area (TPSA) is 55.4 Å². The molecule has 1 saturated carbocycles. The van der Waals surface area contributed by atoms with E-state index in [1.165, 1.54) is 16.9 Å². The highest BCUT2D eigenvalue weighted by Gasteiger charge is 2.44.